The van der Waals surface area contributed by atoms with Gasteiger partial charge in [-0.2, -0.15) is 0 Å². The van der Waals surface area contributed by atoms with Crippen molar-refractivity contribution in [2.24, 2.45) is 0 Å². The molecule has 0 unspecified atom stereocenters. The van der Waals surface area contributed by atoms with Crippen LogP contribution >= 0.6 is 34.4 Å². The molecule has 4 heterocycles. The standard InChI is InChI=1S/C17H19N5O2S3/c1-3-17(2)6-9-10(7-24-17)27-14-12(9)13(18)21-16(22-14)26-8-11(23)20-15-19-4-5-25-15/h4-5H,3,6-8H2,1-2H3,(H2,18,21,22)(H,19,20,23)/t17-/m0/s1. The molecule has 7 nitrogen and oxygen atoms in total. The van der Waals surface area contributed by atoms with Crippen LogP contribution in [0.25, 0.3) is 10.2 Å². The van der Waals surface area contributed by atoms with E-state index in [4.69, 9.17) is 10.5 Å². The Bertz CT molecular complexity index is 988. The number of thiophene rings is 1. The van der Waals surface area contributed by atoms with Gasteiger partial charge in [-0.15, -0.1) is 22.7 Å². The number of carbonyl (C=O) groups excluding carboxylic acids is 1. The number of nitrogens with zero attached hydrogens (tertiary/aromatic N) is 3. The summed E-state index contributed by atoms with van der Waals surface area (Å²) in [5.41, 5.74) is 7.30. The van der Waals surface area contributed by atoms with Gasteiger partial charge in [0.15, 0.2) is 10.3 Å². The Kier molecular flexibility index (Phi) is 5.06. The van der Waals surface area contributed by atoms with E-state index in [9.17, 15) is 4.79 Å². The van der Waals surface area contributed by atoms with E-state index in [0.29, 0.717) is 22.7 Å². The number of nitrogens with two attached hydrogens (primary N) is 1. The molecule has 0 saturated carbocycles. The Labute approximate surface area is 168 Å². The van der Waals surface area contributed by atoms with Crippen molar-refractivity contribution >= 4 is 61.5 Å². The van der Waals surface area contributed by atoms with E-state index in [1.807, 2.05) is 5.38 Å². The summed E-state index contributed by atoms with van der Waals surface area (Å²) in [7, 11) is 0. The monoisotopic (exact) mass is 421 g/mol. The molecule has 3 aromatic rings. The summed E-state index contributed by atoms with van der Waals surface area (Å²) >= 11 is 4.25. The average Bonchev–Trinajstić information content (AvgIpc) is 3.27. The van der Waals surface area contributed by atoms with Crippen LogP contribution in [0.1, 0.15) is 30.7 Å². The van der Waals surface area contributed by atoms with Gasteiger partial charge in [0.25, 0.3) is 0 Å². The summed E-state index contributed by atoms with van der Waals surface area (Å²) in [5.74, 6) is 0.530. The Balaban J connectivity index is 1.53. The first-order chi connectivity index (χ1) is 13.0. The van der Waals surface area contributed by atoms with Gasteiger partial charge in [0.2, 0.25) is 5.91 Å². The van der Waals surface area contributed by atoms with Gasteiger partial charge in [-0.25, -0.2) is 15.0 Å². The van der Waals surface area contributed by atoms with Crippen LogP contribution in [-0.2, 0) is 22.6 Å². The van der Waals surface area contributed by atoms with E-state index >= 15 is 0 Å². The first kappa shape index (κ1) is 18.6. The molecule has 142 valence electrons. The van der Waals surface area contributed by atoms with Crippen molar-refractivity contribution in [3.8, 4) is 0 Å². The number of nitrogen functional groups attached to an aromatic ring is 1. The van der Waals surface area contributed by atoms with Crippen molar-refractivity contribution < 1.29 is 9.53 Å². The molecule has 0 radical (unpaired) electrons. The third-order valence-electron chi connectivity index (χ3n) is 4.60. The lowest BCUT2D eigenvalue weighted by Crippen LogP contribution is -2.33. The molecule has 1 aliphatic heterocycles. The van der Waals surface area contributed by atoms with Crippen LogP contribution in [-0.4, -0.2) is 32.2 Å². The molecule has 1 aliphatic rings. The molecular weight excluding hydrogens is 402 g/mol. The number of carbonyl (C=O) groups is 1. The molecule has 3 N–H and O–H groups in total. The highest BCUT2D eigenvalue weighted by atomic mass is 32.2. The highest BCUT2D eigenvalue weighted by Gasteiger charge is 2.33. The lowest BCUT2D eigenvalue weighted by Gasteiger charge is -2.33. The predicted molar refractivity (Wildman–Crippen MR) is 110 cm³/mol. The van der Waals surface area contributed by atoms with Crippen molar-refractivity contribution in [2.75, 3.05) is 16.8 Å². The summed E-state index contributed by atoms with van der Waals surface area (Å²) < 4.78 is 6.03. The van der Waals surface area contributed by atoms with Gasteiger partial charge in [-0.3, -0.25) is 4.79 Å². The van der Waals surface area contributed by atoms with E-state index in [2.05, 4.69) is 34.1 Å². The fourth-order valence-electron chi connectivity index (χ4n) is 2.94. The highest BCUT2D eigenvalue weighted by Crippen LogP contribution is 2.41. The smallest absolute Gasteiger partial charge is 0.236 e. The SMILES string of the molecule is CC[C@@]1(C)Cc2c(sc3nc(SCC(=O)Nc4nccs4)nc(N)c23)CO1. The van der Waals surface area contributed by atoms with Crippen LogP contribution in [0.2, 0.25) is 0 Å². The first-order valence-corrected chi connectivity index (χ1v) is 11.2. The number of nitrogens with one attached hydrogen (secondary N) is 1. The van der Waals surface area contributed by atoms with Gasteiger partial charge in [0, 0.05) is 22.9 Å². The molecule has 0 bridgehead atoms. The summed E-state index contributed by atoms with van der Waals surface area (Å²) in [6.45, 7) is 4.84. The van der Waals surface area contributed by atoms with Gasteiger partial charge in [0.05, 0.1) is 23.3 Å². The van der Waals surface area contributed by atoms with Crippen LogP contribution in [0.15, 0.2) is 16.7 Å². The van der Waals surface area contributed by atoms with Crippen LogP contribution in [0.5, 0.6) is 0 Å². The average molecular weight is 422 g/mol. The second-order valence-corrected chi connectivity index (χ2v) is 9.44. The van der Waals surface area contributed by atoms with E-state index < -0.39 is 0 Å². The van der Waals surface area contributed by atoms with Gasteiger partial charge >= 0.3 is 0 Å². The maximum atomic E-state index is 12.0. The lowest BCUT2D eigenvalue weighted by atomic mass is 9.90. The van der Waals surface area contributed by atoms with Crippen molar-refractivity contribution in [1.82, 2.24) is 15.0 Å². The largest absolute Gasteiger partial charge is 0.383 e. The molecule has 0 spiro atoms. The number of anilines is 2. The van der Waals surface area contributed by atoms with Crippen molar-refractivity contribution in [3.63, 3.8) is 0 Å². The third-order valence-corrected chi connectivity index (χ3v) is 7.24. The number of thioether (sulfide) groups is 1. The topological polar surface area (TPSA) is 103 Å². The zero-order chi connectivity index (χ0) is 19.0. The first-order valence-electron chi connectivity index (χ1n) is 8.51. The normalized spacial score (nSPS) is 19.2. The van der Waals surface area contributed by atoms with Gasteiger partial charge in [-0.1, -0.05) is 18.7 Å². The molecule has 10 heteroatoms. The minimum atomic E-state index is -0.172. The number of rotatable bonds is 5. The zero-order valence-corrected chi connectivity index (χ0v) is 17.4. The van der Waals surface area contributed by atoms with Crippen molar-refractivity contribution in [2.45, 2.75) is 44.1 Å². The van der Waals surface area contributed by atoms with Gasteiger partial charge in [-0.05, 0) is 18.9 Å². The maximum Gasteiger partial charge on any atom is 0.236 e. The molecule has 0 saturated heterocycles. The summed E-state index contributed by atoms with van der Waals surface area (Å²) in [5, 5.41) is 6.59. The Morgan fingerprint density at radius 1 is 1.48 bits per heavy atom. The zero-order valence-electron chi connectivity index (χ0n) is 14.9. The molecule has 4 rings (SSSR count). The van der Waals surface area contributed by atoms with E-state index in [-0.39, 0.29) is 17.3 Å². The fourth-order valence-corrected chi connectivity index (χ4v) is 5.31. The predicted octanol–water partition coefficient (Wildman–Crippen LogP) is 3.70. The Morgan fingerprint density at radius 3 is 3.07 bits per heavy atom. The Hall–Kier alpha value is -1.75. The van der Waals surface area contributed by atoms with Crippen molar-refractivity contribution in [3.05, 3.63) is 22.0 Å². The number of fused-ring (bicyclic) bond motifs is 3. The molecule has 3 aromatic heterocycles. The quantitative estimate of drug-likeness (QED) is 0.478. The van der Waals surface area contributed by atoms with Crippen LogP contribution in [0.3, 0.4) is 0 Å². The van der Waals surface area contributed by atoms with E-state index in [1.54, 1.807) is 17.5 Å². The molecule has 0 aliphatic carbocycles. The number of hydrogen-bond acceptors (Lipinski definition) is 9. The minimum absolute atomic E-state index is 0.144. The molecule has 0 fully saturated rings. The third kappa shape index (κ3) is 3.79. The highest BCUT2D eigenvalue weighted by molar-refractivity contribution is 7.99. The fraction of sp³-hybridized carbons (Fsp3) is 0.412. The lowest BCUT2D eigenvalue weighted by molar-refractivity contribution is -0.113. The second kappa shape index (κ2) is 7.34. The van der Waals surface area contributed by atoms with Gasteiger partial charge in [0.1, 0.15) is 10.6 Å². The van der Waals surface area contributed by atoms with E-state index in [0.717, 1.165) is 23.1 Å². The van der Waals surface area contributed by atoms with Crippen LogP contribution in [0, 0.1) is 0 Å². The number of ether oxygens (including phenoxy) is 1. The van der Waals surface area contributed by atoms with E-state index in [1.165, 1.54) is 33.5 Å². The molecular formula is C17H19N5O2S3. The second-order valence-electron chi connectivity index (χ2n) is 6.52. The number of thiazole rings is 1. The summed E-state index contributed by atoms with van der Waals surface area (Å²) in [4.78, 5) is 27.1. The molecule has 1 atom stereocenters. The summed E-state index contributed by atoms with van der Waals surface area (Å²) in [6.07, 6.45) is 3.40. The van der Waals surface area contributed by atoms with Gasteiger partial charge < -0.3 is 15.8 Å². The molecule has 0 aromatic carbocycles. The minimum Gasteiger partial charge on any atom is -0.383 e. The maximum absolute atomic E-state index is 12.0. The van der Waals surface area contributed by atoms with Crippen LogP contribution < -0.4 is 11.1 Å². The number of aromatic nitrogens is 3. The number of hydrogen-bond donors (Lipinski definition) is 2. The molecule has 27 heavy (non-hydrogen) atoms. The van der Waals surface area contributed by atoms with Crippen LogP contribution in [0.4, 0.5) is 10.9 Å². The molecule has 1 amide bonds. The van der Waals surface area contributed by atoms with Crippen molar-refractivity contribution in [1.29, 1.82) is 0 Å². The number of amides is 1. The summed E-state index contributed by atoms with van der Waals surface area (Å²) in [6, 6.07) is 0. The Morgan fingerprint density at radius 2 is 2.33 bits per heavy atom.